The molecule has 7 nitrogen and oxygen atoms in total. The molecule has 2 N–H and O–H groups in total. The molecule has 32 heavy (non-hydrogen) atoms. The third-order valence-corrected chi connectivity index (χ3v) is 7.22. The fraction of sp³-hybridized carbons (Fsp3) is 0.455. The Kier molecular flexibility index (Phi) is 5.93. The van der Waals surface area contributed by atoms with Crippen LogP contribution in [0.1, 0.15) is 41.9 Å². The minimum Gasteiger partial charge on any atom is -0.477 e. The number of nitrogens with two attached hydrogens (primary N) is 1. The Morgan fingerprint density at radius 1 is 1.31 bits per heavy atom. The van der Waals surface area contributed by atoms with Crippen LogP contribution in [-0.2, 0) is 16.7 Å². The van der Waals surface area contributed by atoms with Crippen LogP contribution >= 0.6 is 11.8 Å². The summed E-state index contributed by atoms with van der Waals surface area (Å²) in [6.07, 6.45) is 3.22. The van der Waals surface area contributed by atoms with Gasteiger partial charge in [-0.25, -0.2) is 18.7 Å². The van der Waals surface area contributed by atoms with E-state index in [1.807, 2.05) is 6.92 Å². The average molecular weight is 463 g/mol. The third kappa shape index (κ3) is 3.97. The number of Topliss-reactive ketones (excluding diaryl/α,β-unsaturated/α-hetero) is 1. The minimum absolute atomic E-state index is 0.0657. The molecule has 0 saturated heterocycles. The molecule has 3 atom stereocenters. The predicted octanol–water partition coefficient (Wildman–Crippen LogP) is 3.26. The Morgan fingerprint density at radius 3 is 2.75 bits per heavy atom. The monoisotopic (exact) mass is 462 g/mol. The zero-order valence-corrected chi connectivity index (χ0v) is 18.8. The molecule has 0 unspecified atom stereocenters. The number of fused-ring (bicyclic) bond motifs is 1. The lowest BCUT2D eigenvalue weighted by atomic mass is 9.84. The number of hydrogen-bond acceptors (Lipinski definition) is 8. The maximum atomic E-state index is 15.0. The molecular formula is C22H24F2N4O3S. The molecule has 2 aromatic rings. The van der Waals surface area contributed by atoms with Crippen LogP contribution in [0.3, 0.4) is 0 Å². The number of thioether (sulfide) groups is 1. The molecule has 0 bridgehead atoms. The van der Waals surface area contributed by atoms with Crippen molar-refractivity contribution < 1.29 is 23.0 Å². The second-order valence-electron chi connectivity index (χ2n) is 8.17. The molecule has 0 spiro atoms. The van der Waals surface area contributed by atoms with Gasteiger partial charge in [0.05, 0.1) is 35.9 Å². The van der Waals surface area contributed by atoms with E-state index in [0.717, 1.165) is 12.5 Å². The van der Waals surface area contributed by atoms with Crippen LogP contribution < -0.4 is 10.5 Å². The normalized spacial score (nSPS) is 26.3. The van der Waals surface area contributed by atoms with E-state index in [2.05, 4.69) is 15.0 Å². The first kappa shape index (κ1) is 22.6. The van der Waals surface area contributed by atoms with Gasteiger partial charge in [-0.15, -0.1) is 0 Å². The number of ketones is 1. The van der Waals surface area contributed by atoms with Gasteiger partial charge in [0.1, 0.15) is 5.69 Å². The number of aromatic nitrogens is 2. The summed E-state index contributed by atoms with van der Waals surface area (Å²) in [7, 11) is 1.60. The standard InChI is InChI=1S/C22H24F2N4O3S/c1-4-31-18-10-26-15(9-27-18)16(29)7-12-5-13(19(24)14(23)6-12)21(2)17-8-22(17,11-30-3)32-20(25)28-21/h5-6,9-10,17H,4,7-8,11H2,1-3H3,(H2,25,28)/t17-,21+,22+/m0/s1. The Balaban J connectivity index is 1.64. The molecule has 0 radical (unpaired) electrons. The first-order valence-electron chi connectivity index (χ1n) is 10.2. The Labute approximate surface area is 188 Å². The average Bonchev–Trinajstić information content (AvgIpc) is 3.46. The van der Waals surface area contributed by atoms with Crippen LogP contribution in [-0.4, -0.2) is 46.0 Å². The number of methoxy groups -OCH3 is 1. The van der Waals surface area contributed by atoms with Gasteiger partial charge < -0.3 is 15.2 Å². The summed E-state index contributed by atoms with van der Waals surface area (Å²) in [5, 5.41) is 0.309. The van der Waals surface area contributed by atoms with Crippen molar-refractivity contribution in [2.75, 3.05) is 20.3 Å². The van der Waals surface area contributed by atoms with Crippen molar-refractivity contribution in [3.63, 3.8) is 0 Å². The molecule has 1 aromatic carbocycles. The number of rotatable bonds is 8. The quantitative estimate of drug-likeness (QED) is 0.601. The maximum Gasteiger partial charge on any atom is 0.232 e. The van der Waals surface area contributed by atoms with E-state index in [0.29, 0.717) is 29.8 Å². The lowest BCUT2D eigenvalue weighted by molar-refractivity contribution is 0.0987. The first-order chi connectivity index (χ1) is 15.2. The van der Waals surface area contributed by atoms with Gasteiger partial charge in [-0.2, -0.15) is 0 Å². The lowest BCUT2D eigenvalue weighted by Gasteiger charge is -2.34. The molecule has 170 valence electrons. The molecule has 2 heterocycles. The molecule has 0 amide bonds. The lowest BCUT2D eigenvalue weighted by Crippen LogP contribution is -2.38. The predicted molar refractivity (Wildman–Crippen MR) is 117 cm³/mol. The molecule has 1 fully saturated rings. The topological polar surface area (TPSA) is 99.7 Å². The highest BCUT2D eigenvalue weighted by Gasteiger charge is 2.66. The number of amidine groups is 1. The van der Waals surface area contributed by atoms with Gasteiger partial charge >= 0.3 is 0 Å². The summed E-state index contributed by atoms with van der Waals surface area (Å²) in [5.74, 6) is -2.14. The maximum absolute atomic E-state index is 15.0. The largest absolute Gasteiger partial charge is 0.477 e. The van der Waals surface area contributed by atoms with Gasteiger partial charge in [0.25, 0.3) is 0 Å². The highest BCUT2D eigenvalue weighted by atomic mass is 32.2. The van der Waals surface area contributed by atoms with Crippen LogP contribution in [0.4, 0.5) is 8.78 Å². The smallest absolute Gasteiger partial charge is 0.232 e. The SMILES string of the molecule is CCOc1cnc(C(=O)Cc2cc(F)c(F)c([C@@]3(C)N=C(N)S[C@@]4(COC)C[C@H]43)c2)cn1. The number of halogens is 2. The van der Waals surface area contributed by atoms with E-state index in [1.54, 1.807) is 14.0 Å². The number of benzene rings is 1. The van der Waals surface area contributed by atoms with Crippen molar-refractivity contribution in [1.29, 1.82) is 0 Å². The number of hydrogen-bond donors (Lipinski definition) is 1. The Hall–Kier alpha value is -2.59. The number of carbonyl (C=O) groups is 1. The fourth-order valence-corrected chi connectivity index (χ4v) is 5.85. The van der Waals surface area contributed by atoms with E-state index in [9.17, 15) is 13.6 Å². The molecule has 2 aliphatic rings. The fourth-order valence-electron chi connectivity index (χ4n) is 4.40. The summed E-state index contributed by atoms with van der Waals surface area (Å²) >= 11 is 1.42. The number of aliphatic imine (C=N–C) groups is 1. The van der Waals surface area contributed by atoms with Gasteiger partial charge in [-0.05, 0) is 38.0 Å². The zero-order chi connectivity index (χ0) is 23.1. The summed E-state index contributed by atoms with van der Waals surface area (Å²) in [6, 6.07) is 2.53. The Morgan fingerprint density at radius 2 is 2.09 bits per heavy atom. The highest BCUT2D eigenvalue weighted by molar-refractivity contribution is 8.15. The van der Waals surface area contributed by atoms with Crippen molar-refractivity contribution >= 4 is 22.7 Å². The van der Waals surface area contributed by atoms with Gasteiger partial charge in [-0.1, -0.05) is 11.8 Å². The van der Waals surface area contributed by atoms with E-state index < -0.39 is 17.2 Å². The van der Waals surface area contributed by atoms with Crippen LogP contribution in [0.5, 0.6) is 5.88 Å². The summed E-state index contributed by atoms with van der Waals surface area (Å²) in [5.41, 5.74) is 5.53. The molecule has 1 aromatic heterocycles. The van der Waals surface area contributed by atoms with E-state index in [4.69, 9.17) is 15.2 Å². The van der Waals surface area contributed by atoms with Crippen molar-refractivity contribution in [2.45, 2.75) is 37.0 Å². The summed E-state index contributed by atoms with van der Waals surface area (Å²) in [6.45, 7) is 4.43. The zero-order valence-electron chi connectivity index (χ0n) is 18.0. The van der Waals surface area contributed by atoms with Crippen molar-refractivity contribution in [3.05, 3.63) is 53.0 Å². The second kappa shape index (κ2) is 8.40. The minimum atomic E-state index is -1.06. The van der Waals surface area contributed by atoms with Crippen LogP contribution in [0.25, 0.3) is 0 Å². The molecule has 1 saturated carbocycles. The molecule has 4 rings (SSSR count). The number of ether oxygens (including phenoxy) is 2. The van der Waals surface area contributed by atoms with Gasteiger partial charge in [0, 0.05) is 25.0 Å². The van der Waals surface area contributed by atoms with E-state index in [1.165, 1.54) is 30.2 Å². The van der Waals surface area contributed by atoms with E-state index >= 15 is 0 Å². The van der Waals surface area contributed by atoms with Crippen molar-refractivity contribution in [1.82, 2.24) is 9.97 Å². The van der Waals surface area contributed by atoms with Gasteiger partial charge in [0.15, 0.2) is 22.6 Å². The van der Waals surface area contributed by atoms with Crippen molar-refractivity contribution in [3.8, 4) is 5.88 Å². The summed E-state index contributed by atoms with van der Waals surface area (Å²) in [4.78, 5) is 25.3. The molecule has 10 heteroatoms. The first-order valence-corrected chi connectivity index (χ1v) is 11.0. The van der Waals surface area contributed by atoms with Gasteiger partial charge in [0.2, 0.25) is 5.88 Å². The van der Waals surface area contributed by atoms with Crippen LogP contribution in [0.2, 0.25) is 0 Å². The van der Waals surface area contributed by atoms with Crippen LogP contribution in [0, 0.1) is 17.6 Å². The summed E-state index contributed by atoms with van der Waals surface area (Å²) < 4.78 is 39.8. The molecule has 1 aliphatic heterocycles. The molecule has 1 aliphatic carbocycles. The number of nitrogens with zero attached hydrogens (tertiary/aromatic N) is 3. The van der Waals surface area contributed by atoms with Crippen LogP contribution in [0.15, 0.2) is 29.5 Å². The Bertz CT molecular complexity index is 1080. The van der Waals surface area contributed by atoms with Crippen molar-refractivity contribution in [2.24, 2.45) is 16.6 Å². The third-order valence-electron chi connectivity index (χ3n) is 5.95. The van der Waals surface area contributed by atoms with E-state index in [-0.39, 0.29) is 34.1 Å². The molecular weight excluding hydrogens is 438 g/mol. The second-order valence-corrected chi connectivity index (χ2v) is 9.60. The number of carbonyl (C=O) groups excluding carboxylic acids is 1. The highest BCUT2D eigenvalue weighted by Crippen LogP contribution is 2.66. The van der Waals surface area contributed by atoms with Gasteiger partial charge in [-0.3, -0.25) is 9.79 Å².